The maximum absolute atomic E-state index is 11.0. The third kappa shape index (κ3) is 21.6. The number of amides is 1. The van der Waals surface area contributed by atoms with Crippen LogP contribution in [0.15, 0.2) is 24.3 Å². The van der Waals surface area contributed by atoms with Crippen molar-refractivity contribution >= 4 is 11.6 Å². The lowest BCUT2D eigenvalue weighted by atomic mass is 10.1. The zero-order valence-corrected chi connectivity index (χ0v) is 22.9. The van der Waals surface area contributed by atoms with Crippen LogP contribution in [0.2, 0.25) is 0 Å². The Balaban J connectivity index is 1.72. The number of benzene rings is 1. The van der Waals surface area contributed by atoms with Crippen LogP contribution in [0, 0.1) is 0 Å². The second kappa shape index (κ2) is 25.0. The van der Waals surface area contributed by atoms with Gasteiger partial charge in [-0.2, -0.15) is 0 Å². The molecule has 0 aliphatic rings. The molecule has 0 aliphatic heterocycles. The Labute approximate surface area is 219 Å². The summed E-state index contributed by atoms with van der Waals surface area (Å²) in [5.41, 5.74) is 0.749. The number of anilines is 1. The van der Waals surface area contributed by atoms with Crippen LogP contribution in [0.1, 0.15) is 84.5 Å². The average Bonchev–Trinajstić information content (AvgIpc) is 2.87. The Morgan fingerprint density at radius 1 is 0.583 bits per heavy atom. The van der Waals surface area contributed by atoms with Crippen molar-refractivity contribution in [3.8, 4) is 5.75 Å². The van der Waals surface area contributed by atoms with Crippen molar-refractivity contribution in [2.24, 2.45) is 0 Å². The molecule has 7 heteroatoms. The van der Waals surface area contributed by atoms with Crippen molar-refractivity contribution in [2.45, 2.75) is 84.5 Å². The van der Waals surface area contributed by atoms with Crippen LogP contribution in [0.3, 0.4) is 0 Å². The minimum absolute atomic E-state index is 0.0927. The molecule has 1 rings (SSSR count). The summed E-state index contributed by atoms with van der Waals surface area (Å²) < 4.78 is 27.8. The van der Waals surface area contributed by atoms with Crippen molar-refractivity contribution in [3.05, 3.63) is 24.3 Å². The number of carbonyl (C=O) groups is 1. The standard InChI is InChI=1S/C29H51NO6/c1-3-4-5-6-7-8-9-10-11-12-13-18-32-19-20-33-21-22-34-23-24-35-25-26-36-29-16-14-28(15-17-29)30-27(2)31/h14-17H,3-13,18-26H2,1-2H3,(H,30,31). The van der Waals surface area contributed by atoms with Gasteiger partial charge in [0, 0.05) is 19.2 Å². The average molecular weight is 510 g/mol. The fourth-order valence-corrected chi connectivity index (χ4v) is 3.69. The molecule has 0 aromatic heterocycles. The lowest BCUT2D eigenvalue weighted by Gasteiger charge is -2.09. The van der Waals surface area contributed by atoms with Crippen molar-refractivity contribution in [3.63, 3.8) is 0 Å². The van der Waals surface area contributed by atoms with Crippen LogP contribution in [0.25, 0.3) is 0 Å². The zero-order chi connectivity index (χ0) is 25.9. The number of carbonyl (C=O) groups excluding carboxylic acids is 1. The Morgan fingerprint density at radius 2 is 1.00 bits per heavy atom. The summed E-state index contributed by atoms with van der Waals surface area (Å²) in [6.07, 6.45) is 14.9. The van der Waals surface area contributed by atoms with E-state index in [1.165, 1.54) is 71.1 Å². The summed E-state index contributed by atoms with van der Waals surface area (Å²) in [6.45, 7) is 8.97. The van der Waals surface area contributed by atoms with Crippen molar-refractivity contribution in [1.82, 2.24) is 0 Å². The fourth-order valence-electron chi connectivity index (χ4n) is 3.69. The van der Waals surface area contributed by atoms with Crippen molar-refractivity contribution in [2.75, 3.05) is 64.8 Å². The van der Waals surface area contributed by atoms with Gasteiger partial charge in [-0.3, -0.25) is 4.79 Å². The van der Waals surface area contributed by atoms with Crippen LogP contribution >= 0.6 is 0 Å². The molecule has 36 heavy (non-hydrogen) atoms. The highest BCUT2D eigenvalue weighted by Crippen LogP contribution is 2.15. The minimum Gasteiger partial charge on any atom is -0.491 e. The molecule has 0 heterocycles. The third-order valence-corrected chi connectivity index (χ3v) is 5.68. The van der Waals surface area contributed by atoms with E-state index in [0.29, 0.717) is 52.9 Å². The summed E-state index contributed by atoms with van der Waals surface area (Å²) in [4.78, 5) is 11.0. The summed E-state index contributed by atoms with van der Waals surface area (Å²) in [6, 6.07) is 7.24. The maximum atomic E-state index is 11.0. The molecular formula is C29H51NO6. The molecule has 0 fully saturated rings. The fraction of sp³-hybridized carbons (Fsp3) is 0.759. The quantitative estimate of drug-likeness (QED) is 0.146. The van der Waals surface area contributed by atoms with E-state index in [2.05, 4.69) is 12.2 Å². The largest absolute Gasteiger partial charge is 0.491 e. The van der Waals surface area contributed by atoms with Gasteiger partial charge in [0.15, 0.2) is 0 Å². The first-order valence-corrected chi connectivity index (χ1v) is 14.0. The van der Waals surface area contributed by atoms with E-state index in [-0.39, 0.29) is 5.91 Å². The number of hydrogen-bond donors (Lipinski definition) is 1. The molecular weight excluding hydrogens is 458 g/mol. The molecule has 1 amide bonds. The van der Waals surface area contributed by atoms with Gasteiger partial charge in [0.05, 0.1) is 46.2 Å². The van der Waals surface area contributed by atoms with E-state index in [1.54, 1.807) is 12.1 Å². The second-order valence-corrected chi connectivity index (χ2v) is 9.04. The van der Waals surface area contributed by atoms with Crippen molar-refractivity contribution < 1.29 is 28.5 Å². The Morgan fingerprint density at radius 3 is 1.47 bits per heavy atom. The second-order valence-electron chi connectivity index (χ2n) is 9.04. The third-order valence-electron chi connectivity index (χ3n) is 5.68. The molecule has 0 saturated heterocycles. The summed E-state index contributed by atoms with van der Waals surface area (Å²) in [7, 11) is 0. The molecule has 0 spiro atoms. The van der Waals surface area contributed by atoms with Crippen LogP contribution in [-0.2, 0) is 23.7 Å². The van der Waals surface area contributed by atoms with Crippen LogP contribution in [0.4, 0.5) is 5.69 Å². The molecule has 1 aromatic carbocycles. The topological polar surface area (TPSA) is 75.2 Å². The predicted octanol–water partition coefficient (Wildman–Crippen LogP) is 6.40. The van der Waals surface area contributed by atoms with Crippen LogP contribution < -0.4 is 10.1 Å². The smallest absolute Gasteiger partial charge is 0.221 e. The normalized spacial score (nSPS) is 11.1. The number of nitrogens with one attached hydrogen (secondary N) is 1. The van der Waals surface area contributed by atoms with E-state index < -0.39 is 0 Å². The number of hydrogen-bond acceptors (Lipinski definition) is 6. The molecule has 7 nitrogen and oxygen atoms in total. The van der Waals surface area contributed by atoms with Gasteiger partial charge in [-0.15, -0.1) is 0 Å². The van der Waals surface area contributed by atoms with Gasteiger partial charge in [0.25, 0.3) is 0 Å². The predicted molar refractivity (Wildman–Crippen MR) is 146 cm³/mol. The number of unbranched alkanes of at least 4 members (excludes halogenated alkanes) is 10. The van der Waals surface area contributed by atoms with Gasteiger partial charge in [0.2, 0.25) is 5.91 Å². The molecule has 0 saturated carbocycles. The molecule has 1 aromatic rings. The molecule has 208 valence electrons. The lowest BCUT2D eigenvalue weighted by Crippen LogP contribution is -2.14. The number of rotatable bonds is 26. The molecule has 0 radical (unpaired) electrons. The minimum atomic E-state index is -0.0927. The monoisotopic (exact) mass is 509 g/mol. The van der Waals surface area contributed by atoms with E-state index in [9.17, 15) is 4.79 Å². The first kappa shape index (κ1) is 32.4. The summed E-state index contributed by atoms with van der Waals surface area (Å²) in [5, 5.41) is 2.72. The zero-order valence-electron chi connectivity index (χ0n) is 22.9. The molecule has 0 atom stereocenters. The van der Waals surface area contributed by atoms with Gasteiger partial charge in [-0.05, 0) is 30.7 Å². The van der Waals surface area contributed by atoms with Gasteiger partial charge >= 0.3 is 0 Å². The van der Waals surface area contributed by atoms with E-state index >= 15 is 0 Å². The van der Waals surface area contributed by atoms with Gasteiger partial charge in [-0.1, -0.05) is 71.1 Å². The van der Waals surface area contributed by atoms with Crippen molar-refractivity contribution in [1.29, 1.82) is 0 Å². The first-order chi connectivity index (χ1) is 17.7. The first-order valence-electron chi connectivity index (χ1n) is 14.0. The summed E-state index contributed by atoms with van der Waals surface area (Å²) in [5.74, 6) is 0.647. The Bertz CT molecular complexity index is 610. The number of ether oxygens (including phenoxy) is 5. The van der Waals surface area contributed by atoms with Gasteiger partial charge in [-0.25, -0.2) is 0 Å². The highest BCUT2D eigenvalue weighted by Gasteiger charge is 1.98. The van der Waals surface area contributed by atoms with Gasteiger partial charge in [0.1, 0.15) is 12.4 Å². The lowest BCUT2D eigenvalue weighted by molar-refractivity contribution is -0.114. The highest BCUT2D eigenvalue weighted by molar-refractivity contribution is 5.88. The molecule has 1 N–H and O–H groups in total. The van der Waals surface area contributed by atoms with E-state index in [4.69, 9.17) is 23.7 Å². The maximum Gasteiger partial charge on any atom is 0.221 e. The van der Waals surface area contributed by atoms with Crippen LogP contribution in [0.5, 0.6) is 5.75 Å². The Hall–Kier alpha value is -1.67. The summed E-state index contributed by atoms with van der Waals surface area (Å²) >= 11 is 0. The molecule has 0 bridgehead atoms. The molecule has 0 aliphatic carbocycles. The van der Waals surface area contributed by atoms with E-state index in [0.717, 1.165) is 24.5 Å². The highest BCUT2D eigenvalue weighted by atomic mass is 16.6. The van der Waals surface area contributed by atoms with E-state index in [1.807, 2.05) is 12.1 Å². The molecule has 0 unspecified atom stereocenters. The Kier molecular flexibility index (Phi) is 22.5. The van der Waals surface area contributed by atoms with Gasteiger partial charge < -0.3 is 29.0 Å². The van der Waals surface area contributed by atoms with Crippen LogP contribution in [-0.4, -0.2) is 65.4 Å². The SMILES string of the molecule is CCCCCCCCCCCCCOCCOCCOCCOCCOc1ccc(NC(C)=O)cc1.